The fourth-order valence-electron chi connectivity index (χ4n) is 3.44. The number of rotatable bonds is 20. The third-order valence-corrected chi connectivity index (χ3v) is 5.38. The number of allylic oxidation sites excluding steroid dienone is 1. The fraction of sp³-hybridized carbons (Fsp3) is 0.913. The summed E-state index contributed by atoms with van der Waals surface area (Å²) in [5, 5.41) is 0. The summed E-state index contributed by atoms with van der Waals surface area (Å²) in [6.45, 7) is 2.30. The van der Waals surface area contributed by atoms with Crippen LogP contribution < -0.4 is 0 Å². The van der Waals surface area contributed by atoms with Crippen molar-refractivity contribution in [3.05, 3.63) is 11.9 Å². The molecule has 0 N–H and O–H groups in total. The highest BCUT2D eigenvalue weighted by molar-refractivity contribution is 7.20. The van der Waals surface area contributed by atoms with Crippen LogP contribution in [0.5, 0.6) is 0 Å². The Morgan fingerprint density at radius 2 is 0.750 bits per heavy atom. The summed E-state index contributed by atoms with van der Waals surface area (Å²) in [5.74, 6) is 2.09. The van der Waals surface area contributed by atoms with E-state index in [-0.39, 0.29) is 0 Å². The van der Waals surface area contributed by atoms with Crippen LogP contribution in [0.3, 0.4) is 0 Å². The van der Waals surface area contributed by atoms with Gasteiger partial charge in [0.05, 0.1) is 0 Å². The van der Waals surface area contributed by atoms with Crippen LogP contribution in [0, 0.1) is 0 Å². The number of hydrogen-bond donors (Lipinski definition) is 0. The summed E-state index contributed by atoms with van der Waals surface area (Å²) in [6, 6.07) is 0. The molecule has 144 valence electrons. The first-order chi connectivity index (χ1) is 11.9. The van der Waals surface area contributed by atoms with E-state index in [1.807, 2.05) is 0 Å². The van der Waals surface area contributed by atoms with Crippen molar-refractivity contribution in [2.24, 2.45) is 0 Å². The minimum Gasteiger partial charge on any atom is -0.114 e. The molecule has 0 saturated heterocycles. The van der Waals surface area contributed by atoms with E-state index in [0.29, 0.717) is 0 Å². The minimum absolute atomic E-state index is 1.27. The number of unbranched alkanes of at least 4 members (excludes halogenated alkanes) is 19. The molecule has 0 aromatic carbocycles. The monoisotopic (exact) mass is 354 g/mol. The molecule has 0 saturated carbocycles. The van der Waals surface area contributed by atoms with Crippen LogP contribution in [0.25, 0.3) is 0 Å². The summed E-state index contributed by atoms with van der Waals surface area (Å²) in [6.07, 6.45) is 31.3. The molecule has 0 amide bonds. The third kappa shape index (κ3) is 22.2. The van der Waals surface area contributed by atoms with Gasteiger partial charge in [-0.15, -0.1) is 9.24 Å². The van der Waals surface area contributed by atoms with Crippen molar-refractivity contribution in [1.29, 1.82) is 0 Å². The molecule has 0 aliphatic rings. The average Bonchev–Trinajstić information content (AvgIpc) is 2.60. The molecule has 1 atom stereocenters. The standard InChI is InChI=1S/C23H47P/c1-2-3-4-5-6-7-8-9-10-11-12-13-14-15-16-17-18-19-20-21-22-23-24/h22-23H,2-21,24H2,1H3/b23-22+. The van der Waals surface area contributed by atoms with Gasteiger partial charge in [0.1, 0.15) is 0 Å². The van der Waals surface area contributed by atoms with Crippen LogP contribution in [0.4, 0.5) is 0 Å². The van der Waals surface area contributed by atoms with Gasteiger partial charge in [0.15, 0.2) is 0 Å². The molecule has 0 fully saturated rings. The first-order valence-electron chi connectivity index (χ1n) is 11.3. The number of hydrogen-bond acceptors (Lipinski definition) is 0. The predicted molar refractivity (Wildman–Crippen MR) is 117 cm³/mol. The van der Waals surface area contributed by atoms with E-state index >= 15 is 0 Å². The quantitative estimate of drug-likeness (QED) is 0.151. The van der Waals surface area contributed by atoms with Gasteiger partial charge >= 0.3 is 0 Å². The van der Waals surface area contributed by atoms with Gasteiger partial charge in [0.25, 0.3) is 0 Å². The maximum Gasteiger partial charge on any atom is -0.0347 e. The van der Waals surface area contributed by atoms with E-state index in [9.17, 15) is 0 Å². The first-order valence-corrected chi connectivity index (χ1v) is 11.9. The second kappa shape index (κ2) is 23.2. The Hall–Kier alpha value is 0.170. The first kappa shape index (κ1) is 24.2. The Labute approximate surface area is 156 Å². The lowest BCUT2D eigenvalue weighted by atomic mass is 10.0. The predicted octanol–water partition coefficient (Wildman–Crippen LogP) is 9.20. The second-order valence-electron chi connectivity index (χ2n) is 7.58. The lowest BCUT2D eigenvalue weighted by Gasteiger charge is -2.03. The van der Waals surface area contributed by atoms with Crippen molar-refractivity contribution in [2.75, 3.05) is 0 Å². The largest absolute Gasteiger partial charge is 0.114 e. The molecule has 0 aromatic rings. The highest BCUT2D eigenvalue weighted by Crippen LogP contribution is 2.14. The van der Waals surface area contributed by atoms with E-state index in [1.54, 1.807) is 0 Å². The molecule has 1 unspecified atom stereocenters. The summed E-state index contributed by atoms with van der Waals surface area (Å²) in [5.41, 5.74) is 0. The van der Waals surface area contributed by atoms with E-state index in [4.69, 9.17) is 0 Å². The van der Waals surface area contributed by atoms with Gasteiger partial charge < -0.3 is 0 Å². The lowest BCUT2D eigenvalue weighted by Crippen LogP contribution is -1.84. The highest BCUT2D eigenvalue weighted by atomic mass is 31.0. The third-order valence-electron chi connectivity index (χ3n) is 5.11. The molecule has 0 nitrogen and oxygen atoms in total. The Bertz CT molecular complexity index is 234. The van der Waals surface area contributed by atoms with Crippen molar-refractivity contribution >= 4 is 9.24 Å². The van der Waals surface area contributed by atoms with E-state index in [2.05, 4.69) is 28.1 Å². The van der Waals surface area contributed by atoms with E-state index < -0.39 is 0 Å². The Balaban J connectivity index is 2.95. The van der Waals surface area contributed by atoms with Crippen LogP contribution in [0.1, 0.15) is 135 Å². The van der Waals surface area contributed by atoms with Gasteiger partial charge in [-0.05, 0) is 12.8 Å². The smallest absolute Gasteiger partial charge is 0.0347 e. The molecule has 0 aromatic heterocycles. The Morgan fingerprint density at radius 3 is 1.04 bits per heavy atom. The van der Waals surface area contributed by atoms with Crippen molar-refractivity contribution < 1.29 is 0 Å². The molecule has 0 bridgehead atoms. The average molecular weight is 355 g/mol. The van der Waals surface area contributed by atoms with E-state index in [1.165, 1.54) is 128 Å². The fourth-order valence-corrected chi connectivity index (χ4v) is 3.63. The summed E-state index contributed by atoms with van der Waals surface area (Å²) in [4.78, 5) is 0. The Kier molecular flexibility index (Phi) is 23.3. The molecule has 0 heterocycles. The second-order valence-corrected chi connectivity index (χ2v) is 7.97. The van der Waals surface area contributed by atoms with Crippen molar-refractivity contribution in [3.8, 4) is 0 Å². The van der Waals surface area contributed by atoms with Crippen LogP contribution in [0.15, 0.2) is 11.9 Å². The molecular weight excluding hydrogens is 307 g/mol. The summed E-state index contributed by atoms with van der Waals surface area (Å²) >= 11 is 0. The van der Waals surface area contributed by atoms with Gasteiger partial charge in [-0.1, -0.05) is 134 Å². The molecule has 24 heavy (non-hydrogen) atoms. The van der Waals surface area contributed by atoms with Gasteiger partial charge in [-0.3, -0.25) is 0 Å². The van der Waals surface area contributed by atoms with Crippen LogP contribution in [-0.4, -0.2) is 0 Å². The zero-order chi connectivity index (χ0) is 17.6. The normalized spacial score (nSPS) is 11.6. The Morgan fingerprint density at radius 1 is 0.458 bits per heavy atom. The molecule has 0 aliphatic heterocycles. The minimum atomic E-state index is 1.27. The lowest BCUT2D eigenvalue weighted by molar-refractivity contribution is 0.523. The molecule has 1 heteroatoms. The summed E-state index contributed by atoms with van der Waals surface area (Å²) in [7, 11) is 2.66. The van der Waals surface area contributed by atoms with Gasteiger partial charge in [-0.25, -0.2) is 0 Å². The van der Waals surface area contributed by atoms with Gasteiger partial charge in [0, 0.05) is 0 Å². The maximum absolute atomic E-state index is 2.66. The molecule has 0 aliphatic carbocycles. The van der Waals surface area contributed by atoms with Gasteiger partial charge in [0.2, 0.25) is 0 Å². The van der Waals surface area contributed by atoms with Crippen molar-refractivity contribution in [1.82, 2.24) is 0 Å². The molecule has 0 rings (SSSR count). The highest BCUT2D eigenvalue weighted by Gasteiger charge is 1.95. The van der Waals surface area contributed by atoms with Crippen LogP contribution in [0.2, 0.25) is 0 Å². The SMILES string of the molecule is CCCCCCCCCCCCCCCCCCCCC/C=C/P. The zero-order valence-corrected chi connectivity index (χ0v) is 18.0. The zero-order valence-electron chi connectivity index (χ0n) is 16.9. The van der Waals surface area contributed by atoms with Gasteiger partial charge in [-0.2, -0.15) is 0 Å². The molecule has 0 radical (unpaired) electrons. The molecule has 0 spiro atoms. The van der Waals surface area contributed by atoms with Crippen LogP contribution >= 0.6 is 9.24 Å². The maximum atomic E-state index is 2.66. The summed E-state index contributed by atoms with van der Waals surface area (Å²) < 4.78 is 0. The van der Waals surface area contributed by atoms with Crippen LogP contribution in [-0.2, 0) is 0 Å². The topological polar surface area (TPSA) is 0 Å². The van der Waals surface area contributed by atoms with Crippen molar-refractivity contribution in [3.63, 3.8) is 0 Å². The van der Waals surface area contributed by atoms with Crippen molar-refractivity contribution in [2.45, 2.75) is 135 Å². The van der Waals surface area contributed by atoms with E-state index in [0.717, 1.165) is 0 Å². The molecular formula is C23H47P.